The second-order valence-corrected chi connectivity index (χ2v) is 5.65. The van der Waals surface area contributed by atoms with E-state index in [9.17, 15) is 18.0 Å². The highest BCUT2D eigenvalue weighted by atomic mass is 19.4. The van der Waals surface area contributed by atoms with Gasteiger partial charge in [0.25, 0.3) is 5.91 Å². The lowest BCUT2D eigenvalue weighted by Crippen LogP contribution is -2.15. The van der Waals surface area contributed by atoms with Crippen molar-refractivity contribution < 1.29 is 22.7 Å². The van der Waals surface area contributed by atoms with Crippen LogP contribution in [0.1, 0.15) is 16.1 Å². The topological polar surface area (TPSA) is 76.1 Å². The number of hydrogen-bond acceptors (Lipinski definition) is 5. The fraction of sp³-hybridized carbons (Fsp3) is 0.105. The van der Waals surface area contributed by atoms with Crippen molar-refractivity contribution in [2.75, 3.05) is 17.7 Å². The molecule has 1 amide bonds. The van der Waals surface area contributed by atoms with Crippen LogP contribution in [0.3, 0.4) is 0 Å². The fourth-order valence-electron chi connectivity index (χ4n) is 2.29. The molecule has 3 rings (SSSR count). The largest absolute Gasteiger partial charge is 0.497 e. The predicted molar refractivity (Wildman–Crippen MR) is 97.7 cm³/mol. The second-order valence-electron chi connectivity index (χ2n) is 5.65. The molecule has 1 aromatic heterocycles. The van der Waals surface area contributed by atoms with Gasteiger partial charge in [-0.3, -0.25) is 4.79 Å². The molecule has 2 N–H and O–H groups in total. The molecule has 0 aliphatic carbocycles. The van der Waals surface area contributed by atoms with Gasteiger partial charge in [-0.25, -0.2) is 9.97 Å². The Morgan fingerprint density at radius 1 is 0.964 bits per heavy atom. The molecule has 0 bridgehead atoms. The summed E-state index contributed by atoms with van der Waals surface area (Å²) >= 11 is 0. The van der Waals surface area contributed by atoms with Crippen LogP contribution < -0.4 is 15.4 Å². The molecular formula is C19H15F3N4O2. The van der Waals surface area contributed by atoms with Crippen molar-refractivity contribution in [2.24, 2.45) is 0 Å². The summed E-state index contributed by atoms with van der Waals surface area (Å²) in [5.74, 6) is 0.321. The summed E-state index contributed by atoms with van der Waals surface area (Å²) in [6, 6.07) is 12.6. The molecule has 0 unspecified atom stereocenters. The Morgan fingerprint density at radius 3 is 2.21 bits per heavy atom. The summed E-state index contributed by atoms with van der Waals surface area (Å²) in [5, 5.41) is 5.46. The molecule has 0 saturated heterocycles. The first-order chi connectivity index (χ1) is 13.3. The van der Waals surface area contributed by atoms with Crippen molar-refractivity contribution in [3.05, 3.63) is 72.1 Å². The van der Waals surface area contributed by atoms with Gasteiger partial charge in [-0.15, -0.1) is 0 Å². The van der Waals surface area contributed by atoms with Crippen molar-refractivity contribution in [2.45, 2.75) is 6.18 Å². The Labute approximate surface area is 158 Å². The number of hydrogen-bond donors (Lipinski definition) is 2. The van der Waals surface area contributed by atoms with Crippen molar-refractivity contribution in [1.29, 1.82) is 0 Å². The number of benzene rings is 2. The number of carbonyl (C=O) groups is 1. The van der Waals surface area contributed by atoms with E-state index < -0.39 is 17.6 Å². The van der Waals surface area contributed by atoms with Gasteiger partial charge in [0.05, 0.1) is 12.7 Å². The quantitative estimate of drug-likeness (QED) is 0.673. The number of anilines is 3. The van der Waals surface area contributed by atoms with E-state index in [1.807, 2.05) is 0 Å². The number of aromatic nitrogens is 2. The zero-order valence-corrected chi connectivity index (χ0v) is 14.6. The molecule has 144 valence electrons. The highest BCUT2D eigenvalue weighted by Gasteiger charge is 2.30. The van der Waals surface area contributed by atoms with Gasteiger partial charge in [-0.1, -0.05) is 0 Å². The van der Waals surface area contributed by atoms with Gasteiger partial charge in [-0.05, 0) is 54.6 Å². The van der Waals surface area contributed by atoms with Crippen molar-refractivity contribution >= 4 is 23.2 Å². The maximum absolute atomic E-state index is 12.6. The zero-order chi connectivity index (χ0) is 20.1. The summed E-state index contributed by atoms with van der Waals surface area (Å²) < 4.78 is 42.9. The van der Waals surface area contributed by atoms with Crippen LogP contribution in [0.5, 0.6) is 5.75 Å². The van der Waals surface area contributed by atoms with E-state index in [2.05, 4.69) is 20.6 Å². The van der Waals surface area contributed by atoms with Crippen LogP contribution in [0.25, 0.3) is 0 Å². The monoisotopic (exact) mass is 388 g/mol. The normalized spacial score (nSPS) is 11.0. The number of methoxy groups -OCH3 is 1. The van der Waals surface area contributed by atoms with E-state index in [4.69, 9.17) is 4.74 Å². The van der Waals surface area contributed by atoms with Gasteiger partial charge in [0, 0.05) is 17.6 Å². The molecule has 1 heterocycles. The predicted octanol–water partition coefficient (Wildman–Crippen LogP) is 4.50. The average Bonchev–Trinajstić information content (AvgIpc) is 2.68. The SMILES string of the molecule is COc1ccc(Nc2nccc(C(=O)Nc3ccc(C(F)(F)F)cc3)n2)cc1. The van der Waals surface area contributed by atoms with Crippen LogP contribution in [-0.2, 0) is 6.18 Å². The zero-order valence-electron chi connectivity index (χ0n) is 14.6. The summed E-state index contributed by atoms with van der Waals surface area (Å²) in [4.78, 5) is 20.5. The molecule has 9 heteroatoms. The first-order valence-electron chi connectivity index (χ1n) is 8.08. The van der Waals surface area contributed by atoms with E-state index in [-0.39, 0.29) is 17.3 Å². The third kappa shape index (κ3) is 4.76. The number of nitrogens with zero attached hydrogens (tertiary/aromatic N) is 2. The molecule has 6 nitrogen and oxygen atoms in total. The van der Waals surface area contributed by atoms with Gasteiger partial charge >= 0.3 is 6.18 Å². The van der Waals surface area contributed by atoms with Gasteiger partial charge in [0.1, 0.15) is 11.4 Å². The smallest absolute Gasteiger partial charge is 0.416 e. The lowest BCUT2D eigenvalue weighted by molar-refractivity contribution is -0.137. The molecule has 0 radical (unpaired) electrons. The van der Waals surface area contributed by atoms with Crippen molar-refractivity contribution in [1.82, 2.24) is 9.97 Å². The number of alkyl halides is 3. The van der Waals surface area contributed by atoms with Crippen LogP contribution in [0.2, 0.25) is 0 Å². The van der Waals surface area contributed by atoms with Crippen LogP contribution in [0, 0.1) is 0 Å². The van der Waals surface area contributed by atoms with Gasteiger partial charge < -0.3 is 15.4 Å². The Bertz CT molecular complexity index is 958. The molecule has 0 saturated carbocycles. The lowest BCUT2D eigenvalue weighted by atomic mass is 10.2. The molecule has 0 aliphatic heterocycles. The minimum Gasteiger partial charge on any atom is -0.497 e. The minimum atomic E-state index is -4.43. The van der Waals surface area contributed by atoms with E-state index in [1.54, 1.807) is 31.4 Å². The minimum absolute atomic E-state index is 0.0610. The van der Waals surface area contributed by atoms with Crippen molar-refractivity contribution in [3.63, 3.8) is 0 Å². The lowest BCUT2D eigenvalue weighted by Gasteiger charge is -2.09. The van der Waals surface area contributed by atoms with Crippen molar-refractivity contribution in [3.8, 4) is 5.75 Å². The average molecular weight is 388 g/mol. The molecule has 28 heavy (non-hydrogen) atoms. The van der Waals surface area contributed by atoms with Crippen LogP contribution in [0.15, 0.2) is 60.8 Å². The first-order valence-corrected chi connectivity index (χ1v) is 8.08. The Hall–Kier alpha value is -3.62. The first kappa shape index (κ1) is 19.2. The van der Waals surface area contributed by atoms with Crippen LogP contribution in [-0.4, -0.2) is 23.0 Å². The van der Waals surface area contributed by atoms with E-state index in [1.165, 1.54) is 24.4 Å². The van der Waals surface area contributed by atoms with E-state index in [0.29, 0.717) is 11.4 Å². The third-order valence-electron chi connectivity index (χ3n) is 3.70. The van der Waals surface area contributed by atoms with Crippen LogP contribution >= 0.6 is 0 Å². The second kappa shape index (κ2) is 7.95. The Balaban J connectivity index is 1.69. The number of ether oxygens (including phenoxy) is 1. The highest BCUT2D eigenvalue weighted by Crippen LogP contribution is 2.29. The summed E-state index contributed by atoms with van der Waals surface area (Å²) in [5.41, 5.74) is 0.187. The number of amides is 1. The van der Waals surface area contributed by atoms with Gasteiger partial charge in [-0.2, -0.15) is 13.2 Å². The number of nitrogens with one attached hydrogen (secondary N) is 2. The van der Waals surface area contributed by atoms with Gasteiger partial charge in [0.15, 0.2) is 0 Å². The number of halogens is 3. The summed E-state index contributed by atoms with van der Waals surface area (Å²) in [6.45, 7) is 0. The Kier molecular flexibility index (Phi) is 5.44. The molecule has 0 fully saturated rings. The number of rotatable bonds is 5. The molecule has 0 aliphatic rings. The van der Waals surface area contributed by atoms with Crippen LogP contribution in [0.4, 0.5) is 30.5 Å². The molecular weight excluding hydrogens is 373 g/mol. The maximum Gasteiger partial charge on any atom is 0.416 e. The highest BCUT2D eigenvalue weighted by molar-refractivity contribution is 6.03. The van der Waals surface area contributed by atoms with E-state index in [0.717, 1.165) is 12.1 Å². The Morgan fingerprint density at radius 2 is 1.61 bits per heavy atom. The maximum atomic E-state index is 12.6. The van der Waals surface area contributed by atoms with E-state index >= 15 is 0 Å². The molecule has 0 atom stereocenters. The molecule has 2 aromatic carbocycles. The fourth-order valence-corrected chi connectivity index (χ4v) is 2.29. The summed E-state index contributed by atoms with van der Waals surface area (Å²) in [6.07, 6.45) is -3.03. The standard InChI is InChI=1S/C19H15F3N4O2/c1-28-15-8-6-14(7-9-15)25-18-23-11-10-16(26-18)17(27)24-13-4-2-12(3-5-13)19(20,21)22/h2-11H,1H3,(H,24,27)(H,23,25,26). The molecule has 0 spiro atoms. The number of carbonyl (C=O) groups excluding carboxylic acids is 1. The third-order valence-corrected chi connectivity index (χ3v) is 3.70. The summed E-state index contributed by atoms with van der Waals surface area (Å²) in [7, 11) is 1.56. The molecule has 3 aromatic rings. The van der Waals surface area contributed by atoms with Gasteiger partial charge in [0.2, 0.25) is 5.95 Å².